The first kappa shape index (κ1) is 15.1. The lowest BCUT2D eigenvalue weighted by Crippen LogP contribution is -2.48. The zero-order chi connectivity index (χ0) is 13.7. The molecule has 0 aromatic heterocycles. The van der Waals surface area contributed by atoms with Crippen molar-refractivity contribution in [3.63, 3.8) is 0 Å². The Bertz CT molecular complexity index is 289. The number of aliphatic hydroxyl groups excluding tert-OH is 1. The molecule has 0 aromatic carbocycles. The lowest BCUT2D eigenvalue weighted by Gasteiger charge is -2.38. The summed E-state index contributed by atoms with van der Waals surface area (Å²) >= 11 is 0. The minimum absolute atomic E-state index is 0.248. The molecule has 0 aromatic rings. The van der Waals surface area contributed by atoms with Gasteiger partial charge in [-0.25, -0.2) is 0 Å². The number of methoxy groups -OCH3 is 3. The van der Waals surface area contributed by atoms with E-state index in [-0.39, 0.29) is 11.7 Å². The summed E-state index contributed by atoms with van der Waals surface area (Å²) in [4.78, 5) is 23.3. The third kappa shape index (κ3) is 3.07. The molecule has 6 nitrogen and oxygen atoms in total. The number of Topliss-reactive ketones (excluding diaryl/α,β-unsaturated/α-hetero) is 1. The fourth-order valence-corrected chi connectivity index (χ4v) is 2.51. The molecule has 6 heteroatoms. The molecule has 104 valence electrons. The molecule has 1 saturated carbocycles. The van der Waals surface area contributed by atoms with Gasteiger partial charge in [0, 0.05) is 20.1 Å². The Hall–Kier alpha value is -0.980. The van der Waals surface area contributed by atoms with E-state index in [1.165, 1.54) is 21.3 Å². The molecule has 0 saturated heterocycles. The predicted octanol–water partition coefficient (Wildman–Crippen LogP) is -0.223. The molecule has 1 rings (SSSR count). The van der Waals surface area contributed by atoms with Crippen molar-refractivity contribution < 1.29 is 28.9 Å². The van der Waals surface area contributed by atoms with Crippen molar-refractivity contribution >= 4 is 11.8 Å². The van der Waals surface area contributed by atoms with Crippen LogP contribution in [-0.2, 0) is 23.8 Å². The van der Waals surface area contributed by atoms with Gasteiger partial charge in [-0.15, -0.1) is 0 Å². The van der Waals surface area contributed by atoms with Crippen molar-refractivity contribution in [1.29, 1.82) is 0 Å². The smallest absolute Gasteiger partial charge is 0.313 e. The van der Waals surface area contributed by atoms with Crippen LogP contribution in [0.4, 0.5) is 0 Å². The van der Waals surface area contributed by atoms with Crippen LogP contribution >= 0.6 is 0 Å². The van der Waals surface area contributed by atoms with E-state index in [1.807, 2.05) is 0 Å². The van der Waals surface area contributed by atoms with Crippen molar-refractivity contribution in [3.05, 3.63) is 0 Å². The Kier molecular flexibility index (Phi) is 5.71. The highest BCUT2D eigenvalue weighted by molar-refractivity contribution is 5.83. The standard InChI is InChI=1S/C12H20O6/c1-16-9-4-7(8(14)6-13)5-10(17-2)11(9)12(15)18-3/h7,9-11,13H,4-6H2,1-3H3/t7?,9-,10-,11?/m1/s1. The number of esters is 1. The van der Waals surface area contributed by atoms with Crippen molar-refractivity contribution in [2.45, 2.75) is 25.0 Å². The summed E-state index contributed by atoms with van der Waals surface area (Å²) in [5.74, 6) is -1.52. The second-order valence-corrected chi connectivity index (χ2v) is 4.39. The maximum Gasteiger partial charge on any atom is 0.313 e. The Morgan fingerprint density at radius 1 is 1.11 bits per heavy atom. The minimum atomic E-state index is -0.534. The highest BCUT2D eigenvalue weighted by Crippen LogP contribution is 2.34. The van der Waals surface area contributed by atoms with Crippen LogP contribution in [0.5, 0.6) is 0 Å². The fraction of sp³-hybridized carbons (Fsp3) is 0.833. The largest absolute Gasteiger partial charge is 0.469 e. The van der Waals surface area contributed by atoms with E-state index in [9.17, 15) is 9.59 Å². The van der Waals surface area contributed by atoms with Gasteiger partial charge < -0.3 is 19.3 Å². The number of rotatable bonds is 5. The van der Waals surface area contributed by atoms with E-state index >= 15 is 0 Å². The number of aliphatic hydroxyl groups is 1. The fourth-order valence-electron chi connectivity index (χ4n) is 2.51. The van der Waals surface area contributed by atoms with Crippen molar-refractivity contribution in [3.8, 4) is 0 Å². The molecular weight excluding hydrogens is 240 g/mol. The quantitative estimate of drug-likeness (QED) is 0.688. The number of hydrogen-bond donors (Lipinski definition) is 1. The van der Waals surface area contributed by atoms with Crippen LogP contribution in [0.25, 0.3) is 0 Å². The summed E-state index contributed by atoms with van der Waals surface area (Å²) in [5.41, 5.74) is 0. The van der Waals surface area contributed by atoms with Crippen LogP contribution in [-0.4, -0.2) is 57.0 Å². The first-order chi connectivity index (χ1) is 8.58. The summed E-state index contributed by atoms with van der Waals surface area (Å²) in [7, 11) is 4.28. The number of ether oxygens (including phenoxy) is 3. The molecule has 18 heavy (non-hydrogen) atoms. The summed E-state index contributed by atoms with van der Waals surface area (Å²) < 4.78 is 15.3. The number of ketones is 1. The normalized spacial score (nSPS) is 32.0. The van der Waals surface area contributed by atoms with E-state index in [0.717, 1.165) is 0 Å². The maximum absolute atomic E-state index is 11.7. The monoisotopic (exact) mass is 260 g/mol. The van der Waals surface area contributed by atoms with E-state index in [1.54, 1.807) is 0 Å². The van der Waals surface area contributed by atoms with Gasteiger partial charge in [0.05, 0.1) is 19.3 Å². The lowest BCUT2D eigenvalue weighted by molar-refractivity contribution is -0.166. The molecule has 0 bridgehead atoms. The van der Waals surface area contributed by atoms with Gasteiger partial charge in [-0.1, -0.05) is 0 Å². The van der Waals surface area contributed by atoms with Gasteiger partial charge in [0.2, 0.25) is 0 Å². The lowest BCUT2D eigenvalue weighted by atomic mass is 9.76. The highest BCUT2D eigenvalue weighted by Gasteiger charge is 2.45. The van der Waals surface area contributed by atoms with Crippen molar-refractivity contribution in [2.24, 2.45) is 11.8 Å². The molecule has 1 N–H and O–H groups in total. The van der Waals surface area contributed by atoms with Crippen LogP contribution in [0.1, 0.15) is 12.8 Å². The van der Waals surface area contributed by atoms with Crippen molar-refractivity contribution in [1.82, 2.24) is 0 Å². The summed E-state index contributed by atoms with van der Waals surface area (Å²) in [6, 6.07) is 0. The summed E-state index contributed by atoms with van der Waals surface area (Å²) in [6.45, 7) is -0.500. The molecule has 2 atom stereocenters. The highest BCUT2D eigenvalue weighted by atomic mass is 16.5. The Morgan fingerprint density at radius 3 is 1.94 bits per heavy atom. The average molecular weight is 260 g/mol. The molecule has 0 heterocycles. The summed E-state index contributed by atoms with van der Waals surface area (Å²) in [5, 5.41) is 8.90. The zero-order valence-electron chi connectivity index (χ0n) is 10.9. The van der Waals surface area contributed by atoms with Gasteiger partial charge in [0.1, 0.15) is 12.5 Å². The molecule has 0 aliphatic heterocycles. The molecule has 1 aliphatic rings. The first-order valence-corrected chi connectivity index (χ1v) is 5.86. The molecule has 0 unspecified atom stereocenters. The molecule has 0 radical (unpaired) electrons. The van der Waals surface area contributed by atoms with Gasteiger partial charge >= 0.3 is 5.97 Å². The van der Waals surface area contributed by atoms with Gasteiger partial charge in [0.25, 0.3) is 0 Å². The van der Waals surface area contributed by atoms with E-state index in [0.29, 0.717) is 12.8 Å². The minimum Gasteiger partial charge on any atom is -0.469 e. The van der Waals surface area contributed by atoms with E-state index in [4.69, 9.17) is 19.3 Å². The SMILES string of the molecule is COC(=O)C1[C@H](OC)CC(C(=O)CO)C[C@H]1OC. The second-order valence-electron chi connectivity index (χ2n) is 4.39. The van der Waals surface area contributed by atoms with Gasteiger partial charge in [-0.2, -0.15) is 0 Å². The van der Waals surface area contributed by atoms with Crippen LogP contribution in [0.2, 0.25) is 0 Å². The van der Waals surface area contributed by atoms with Gasteiger partial charge in [0.15, 0.2) is 5.78 Å². The maximum atomic E-state index is 11.7. The number of carbonyl (C=O) groups excluding carboxylic acids is 2. The van der Waals surface area contributed by atoms with Crippen LogP contribution < -0.4 is 0 Å². The Morgan fingerprint density at radius 2 is 1.61 bits per heavy atom. The predicted molar refractivity (Wildman–Crippen MR) is 61.9 cm³/mol. The van der Waals surface area contributed by atoms with Crippen molar-refractivity contribution in [2.75, 3.05) is 27.9 Å². The second kappa shape index (κ2) is 6.82. The molecule has 1 aliphatic carbocycles. The molecular formula is C12H20O6. The number of carbonyl (C=O) groups is 2. The Balaban J connectivity index is 2.87. The molecule has 0 amide bonds. The number of hydrogen-bond acceptors (Lipinski definition) is 6. The van der Waals surface area contributed by atoms with E-state index in [2.05, 4.69) is 0 Å². The zero-order valence-corrected chi connectivity index (χ0v) is 10.9. The van der Waals surface area contributed by atoms with Gasteiger partial charge in [-0.05, 0) is 12.8 Å². The molecule has 1 fully saturated rings. The molecule has 0 spiro atoms. The Labute approximate surface area is 106 Å². The van der Waals surface area contributed by atoms with Crippen LogP contribution in [0, 0.1) is 11.8 Å². The topological polar surface area (TPSA) is 82.1 Å². The van der Waals surface area contributed by atoms with E-state index < -0.39 is 30.7 Å². The first-order valence-electron chi connectivity index (χ1n) is 5.86. The third-order valence-electron chi connectivity index (χ3n) is 3.52. The van der Waals surface area contributed by atoms with Crippen LogP contribution in [0.3, 0.4) is 0 Å². The summed E-state index contributed by atoms with van der Waals surface area (Å²) in [6.07, 6.45) is -0.0706. The van der Waals surface area contributed by atoms with Gasteiger partial charge in [-0.3, -0.25) is 9.59 Å². The average Bonchev–Trinajstić information content (AvgIpc) is 2.43. The third-order valence-corrected chi connectivity index (χ3v) is 3.52. The van der Waals surface area contributed by atoms with Crippen LogP contribution in [0.15, 0.2) is 0 Å².